The second kappa shape index (κ2) is 11.7. The number of morpholine rings is 1. The molecule has 1 aliphatic rings. The lowest BCUT2D eigenvalue weighted by molar-refractivity contribution is 0.0378. The zero-order valence-corrected chi connectivity index (χ0v) is 24.8. The van der Waals surface area contributed by atoms with Gasteiger partial charge in [-0.2, -0.15) is 0 Å². The first-order valence-electron chi connectivity index (χ1n) is 12.6. The van der Waals surface area contributed by atoms with Crippen molar-refractivity contribution in [1.29, 1.82) is 0 Å². The Morgan fingerprint density at radius 1 is 0.846 bits per heavy atom. The molecule has 0 radical (unpaired) electrons. The van der Waals surface area contributed by atoms with Crippen LogP contribution in [0.1, 0.15) is 6.42 Å². The summed E-state index contributed by atoms with van der Waals surface area (Å²) in [4.78, 5) is 25.9. The average molecular weight is 673 g/mol. The molecule has 12 heteroatoms. The Kier molecular flexibility index (Phi) is 7.94. The SMILES string of the molecule is Brc1ccc2[nH]c3ncnc(NCCCN4CCOCC4)c3c2c1.Clc1ncnc2[nH]c3ccc(Br)cc3c12. The van der Waals surface area contributed by atoms with E-state index in [1.165, 1.54) is 6.33 Å². The summed E-state index contributed by atoms with van der Waals surface area (Å²) in [7, 11) is 0. The van der Waals surface area contributed by atoms with Crippen LogP contribution in [-0.4, -0.2) is 74.2 Å². The van der Waals surface area contributed by atoms with Crippen molar-refractivity contribution in [2.75, 3.05) is 44.7 Å². The molecule has 0 unspecified atom stereocenters. The quantitative estimate of drug-likeness (QED) is 0.141. The minimum Gasteiger partial charge on any atom is -0.379 e. The topological polar surface area (TPSA) is 108 Å². The van der Waals surface area contributed by atoms with Gasteiger partial charge in [-0.1, -0.05) is 43.5 Å². The third kappa shape index (κ3) is 5.73. The number of nitrogens with zero attached hydrogens (tertiary/aromatic N) is 5. The number of hydrogen-bond donors (Lipinski definition) is 3. The highest BCUT2D eigenvalue weighted by Crippen LogP contribution is 2.31. The number of benzene rings is 2. The van der Waals surface area contributed by atoms with E-state index in [0.29, 0.717) is 5.15 Å². The number of H-pyrrole nitrogens is 2. The molecule has 1 aliphatic heterocycles. The van der Waals surface area contributed by atoms with Crippen molar-refractivity contribution < 1.29 is 4.74 Å². The summed E-state index contributed by atoms with van der Waals surface area (Å²) in [6.07, 6.45) is 4.14. The number of hydrogen-bond acceptors (Lipinski definition) is 7. The van der Waals surface area contributed by atoms with Crippen molar-refractivity contribution in [1.82, 2.24) is 34.8 Å². The van der Waals surface area contributed by atoms with Crippen LogP contribution in [0.2, 0.25) is 5.15 Å². The Morgan fingerprint density at radius 3 is 2.15 bits per heavy atom. The Hall–Kier alpha value is -2.83. The van der Waals surface area contributed by atoms with E-state index in [9.17, 15) is 0 Å². The van der Waals surface area contributed by atoms with E-state index in [1.54, 1.807) is 6.33 Å². The van der Waals surface area contributed by atoms with E-state index < -0.39 is 0 Å². The van der Waals surface area contributed by atoms with Crippen molar-refractivity contribution >= 4 is 93.2 Å². The number of nitrogens with one attached hydrogen (secondary N) is 3. The van der Waals surface area contributed by atoms with Crippen LogP contribution in [0, 0.1) is 0 Å². The number of anilines is 1. The highest BCUT2D eigenvalue weighted by molar-refractivity contribution is 9.10. The third-order valence-electron chi connectivity index (χ3n) is 6.70. The van der Waals surface area contributed by atoms with Crippen molar-refractivity contribution in [3.63, 3.8) is 0 Å². The van der Waals surface area contributed by atoms with Gasteiger partial charge in [0.15, 0.2) is 0 Å². The standard InChI is InChI=1S/C17H20BrN5O.C10H5BrClN3/c18-12-2-3-14-13(10-12)15-16(20-11-21-17(15)22-14)19-4-1-5-23-6-8-24-9-7-23;11-5-1-2-7-6(3-5)8-9(12)13-4-14-10(8)15-7/h2-3,10-11H,1,4-9H2,(H2,19,20,21,22);1-4H,(H,13,14,15). The number of fused-ring (bicyclic) bond motifs is 6. The second-order valence-corrected chi connectivity index (χ2v) is 11.4. The largest absolute Gasteiger partial charge is 0.379 e. The number of halogens is 3. The maximum Gasteiger partial charge on any atom is 0.143 e. The van der Waals surface area contributed by atoms with Crippen LogP contribution in [0.5, 0.6) is 0 Å². The van der Waals surface area contributed by atoms with Crippen LogP contribution in [0.3, 0.4) is 0 Å². The van der Waals surface area contributed by atoms with Crippen LogP contribution in [0.25, 0.3) is 43.9 Å². The van der Waals surface area contributed by atoms with Crippen LogP contribution in [0.15, 0.2) is 58.0 Å². The molecule has 0 atom stereocenters. The molecule has 6 aromatic rings. The second-order valence-electron chi connectivity index (χ2n) is 9.20. The molecular weight excluding hydrogens is 648 g/mol. The highest BCUT2D eigenvalue weighted by Gasteiger charge is 2.13. The Bertz CT molecular complexity index is 1770. The van der Waals surface area contributed by atoms with Crippen LogP contribution in [-0.2, 0) is 4.74 Å². The van der Waals surface area contributed by atoms with Gasteiger partial charge >= 0.3 is 0 Å². The van der Waals surface area contributed by atoms with E-state index >= 15 is 0 Å². The van der Waals surface area contributed by atoms with E-state index in [4.69, 9.17) is 16.3 Å². The van der Waals surface area contributed by atoms with Crippen molar-refractivity contribution in [3.8, 4) is 0 Å². The molecule has 0 amide bonds. The van der Waals surface area contributed by atoms with Crippen LogP contribution < -0.4 is 5.32 Å². The zero-order valence-electron chi connectivity index (χ0n) is 20.8. The van der Waals surface area contributed by atoms with E-state index in [0.717, 1.165) is 104 Å². The monoisotopic (exact) mass is 670 g/mol. The van der Waals surface area contributed by atoms with Crippen LogP contribution in [0.4, 0.5) is 5.82 Å². The fraction of sp³-hybridized carbons (Fsp3) is 0.259. The molecule has 5 heterocycles. The van der Waals surface area contributed by atoms with Gasteiger partial charge in [-0.3, -0.25) is 4.90 Å². The van der Waals surface area contributed by atoms with Crippen molar-refractivity contribution in [3.05, 3.63) is 63.2 Å². The molecule has 0 saturated carbocycles. The summed E-state index contributed by atoms with van der Waals surface area (Å²) in [5.74, 6) is 0.895. The normalized spacial score (nSPS) is 14.2. The fourth-order valence-electron chi connectivity index (χ4n) is 4.82. The third-order valence-corrected chi connectivity index (χ3v) is 7.98. The van der Waals surface area contributed by atoms with Gasteiger partial charge in [0.2, 0.25) is 0 Å². The predicted octanol–water partition coefficient (Wildman–Crippen LogP) is 6.53. The lowest BCUT2D eigenvalue weighted by Gasteiger charge is -2.26. The molecule has 1 saturated heterocycles. The van der Waals surface area contributed by atoms with Gasteiger partial charge in [0, 0.05) is 50.4 Å². The van der Waals surface area contributed by atoms with Crippen LogP contribution >= 0.6 is 43.5 Å². The molecule has 3 N–H and O–H groups in total. The minimum absolute atomic E-state index is 0.476. The van der Waals surface area contributed by atoms with Gasteiger partial charge < -0.3 is 20.0 Å². The molecule has 9 nitrogen and oxygen atoms in total. The summed E-state index contributed by atoms with van der Waals surface area (Å²) in [5.41, 5.74) is 3.72. The summed E-state index contributed by atoms with van der Waals surface area (Å²) in [6, 6.07) is 12.2. The summed E-state index contributed by atoms with van der Waals surface area (Å²) < 4.78 is 7.45. The molecule has 1 fully saturated rings. The molecule has 4 aromatic heterocycles. The Labute approximate surface area is 246 Å². The lowest BCUT2D eigenvalue weighted by atomic mass is 10.2. The molecular formula is C27H25Br2ClN8O. The molecule has 39 heavy (non-hydrogen) atoms. The maximum atomic E-state index is 6.04. The number of ether oxygens (including phenoxy) is 1. The van der Waals surface area contributed by atoms with E-state index in [-0.39, 0.29) is 0 Å². The van der Waals surface area contributed by atoms with Gasteiger partial charge in [-0.05, 0) is 49.4 Å². The molecule has 0 bridgehead atoms. The fourth-order valence-corrected chi connectivity index (χ4v) is 5.78. The molecule has 0 aliphatic carbocycles. The highest BCUT2D eigenvalue weighted by atomic mass is 79.9. The predicted molar refractivity (Wildman–Crippen MR) is 164 cm³/mol. The first-order valence-corrected chi connectivity index (χ1v) is 14.6. The van der Waals surface area contributed by atoms with E-state index in [1.807, 2.05) is 24.3 Å². The number of rotatable bonds is 5. The van der Waals surface area contributed by atoms with Crippen molar-refractivity contribution in [2.45, 2.75) is 6.42 Å². The maximum absolute atomic E-state index is 6.04. The number of aromatic amines is 2. The first kappa shape index (κ1) is 26.4. The van der Waals surface area contributed by atoms with E-state index in [2.05, 4.69) is 84.1 Å². The zero-order chi connectivity index (χ0) is 26.8. The Balaban J connectivity index is 0.000000158. The first-order chi connectivity index (χ1) is 19.1. The minimum atomic E-state index is 0.476. The Morgan fingerprint density at radius 2 is 1.46 bits per heavy atom. The molecule has 7 rings (SSSR count). The molecule has 200 valence electrons. The number of aromatic nitrogens is 6. The molecule has 2 aromatic carbocycles. The average Bonchev–Trinajstić information content (AvgIpc) is 3.51. The smallest absolute Gasteiger partial charge is 0.143 e. The summed E-state index contributed by atoms with van der Waals surface area (Å²) >= 11 is 13.0. The van der Waals surface area contributed by atoms with Gasteiger partial charge in [-0.15, -0.1) is 0 Å². The lowest BCUT2D eigenvalue weighted by Crippen LogP contribution is -2.37. The van der Waals surface area contributed by atoms with Gasteiger partial charge in [0.05, 0.1) is 24.0 Å². The van der Waals surface area contributed by atoms with Gasteiger partial charge in [0.1, 0.15) is 34.9 Å². The van der Waals surface area contributed by atoms with Gasteiger partial charge in [0.25, 0.3) is 0 Å². The summed E-state index contributed by atoms with van der Waals surface area (Å²) in [5, 5.41) is 8.05. The van der Waals surface area contributed by atoms with Crippen molar-refractivity contribution in [2.24, 2.45) is 0 Å². The van der Waals surface area contributed by atoms with Gasteiger partial charge in [-0.25, -0.2) is 19.9 Å². The molecule has 0 spiro atoms. The summed E-state index contributed by atoms with van der Waals surface area (Å²) in [6.45, 7) is 5.75.